The maximum atomic E-state index is 12.7. The highest BCUT2D eigenvalue weighted by Gasteiger charge is 2.22. The number of anilines is 1. The molecule has 0 aliphatic rings. The van der Waals surface area contributed by atoms with Crippen molar-refractivity contribution in [2.24, 2.45) is 0 Å². The van der Waals surface area contributed by atoms with Crippen LogP contribution in [0.1, 0.15) is 21.7 Å². The summed E-state index contributed by atoms with van der Waals surface area (Å²) in [6, 6.07) is 13.3. The van der Waals surface area contributed by atoms with Crippen LogP contribution < -0.4 is 5.32 Å². The van der Waals surface area contributed by atoms with Crippen LogP contribution in [-0.4, -0.2) is 15.6 Å². The van der Waals surface area contributed by atoms with Crippen molar-refractivity contribution in [3.63, 3.8) is 0 Å². The molecule has 0 amide bonds. The average Bonchev–Trinajstić information content (AvgIpc) is 3.15. The number of benzene rings is 2. The van der Waals surface area contributed by atoms with Crippen LogP contribution in [-0.2, 0) is 23.5 Å². The molecule has 0 fully saturated rings. The first-order chi connectivity index (χ1) is 12.9. The highest BCUT2D eigenvalue weighted by atomic mass is 35.5. The molecule has 140 valence electrons. The van der Waals surface area contributed by atoms with E-state index >= 15 is 0 Å². The molecule has 1 unspecified atom stereocenters. The minimum Gasteiger partial charge on any atom is -0.611 e. The Morgan fingerprint density at radius 3 is 2.56 bits per heavy atom. The predicted molar refractivity (Wildman–Crippen MR) is 106 cm³/mol. The SMILES string of the molecule is O=C(O)c1cc([S+]([O-])Cc2ccc(Cl)cc2)c(Cl)cc1NCc1ccco1. The lowest BCUT2D eigenvalue weighted by atomic mass is 10.1. The topological polar surface area (TPSA) is 85.5 Å². The van der Waals surface area contributed by atoms with Crippen LogP contribution in [0, 0.1) is 0 Å². The molecule has 0 spiro atoms. The molecule has 8 heteroatoms. The van der Waals surface area contributed by atoms with Crippen molar-refractivity contribution in [1.82, 2.24) is 0 Å². The smallest absolute Gasteiger partial charge is 0.337 e. The number of carbonyl (C=O) groups is 1. The minimum atomic E-state index is -1.51. The first kappa shape index (κ1) is 19.6. The second-order valence-electron chi connectivity index (χ2n) is 5.68. The van der Waals surface area contributed by atoms with Gasteiger partial charge in [0.15, 0.2) is 4.90 Å². The van der Waals surface area contributed by atoms with Gasteiger partial charge in [-0.25, -0.2) is 4.79 Å². The van der Waals surface area contributed by atoms with Crippen molar-refractivity contribution in [2.75, 3.05) is 5.32 Å². The number of aromatic carboxylic acids is 1. The molecule has 0 aliphatic heterocycles. The fourth-order valence-corrected chi connectivity index (χ4v) is 4.18. The lowest BCUT2D eigenvalue weighted by Gasteiger charge is -2.15. The third-order valence-electron chi connectivity index (χ3n) is 3.79. The highest BCUT2D eigenvalue weighted by Crippen LogP contribution is 2.31. The zero-order valence-corrected chi connectivity index (χ0v) is 16.3. The van der Waals surface area contributed by atoms with Gasteiger partial charge in [-0.05, 0) is 41.5 Å². The van der Waals surface area contributed by atoms with Crippen LogP contribution in [0.5, 0.6) is 0 Å². The average molecular weight is 424 g/mol. The zero-order chi connectivity index (χ0) is 19.4. The Labute approximate surface area is 169 Å². The van der Waals surface area contributed by atoms with Crippen LogP contribution in [0.15, 0.2) is 64.1 Å². The second-order valence-corrected chi connectivity index (χ2v) is 7.95. The van der Waals surface area contributed by atoms with Gasteiger partial charge in [0.25, 0.3) is 0 Å². The Balaban J connectivity index is 1.83. The Morgan fingerprint density at radius 2 is 1.93 bits per heavy atom. The van der Waals surface area contributed by atoms with E-state index in [4.69, 9.17) is 27.6 Å². The molecule has 0 radical (unpaired) electrons. The summed E-state index contributed by atoms with van der Waals surface area (Å²) >= 11 is 10.6. The van der Waals surface area contributed by atoms with Crippen molar-refractivity contribution in [1.29, 1.82) is 0 Å². The van der Waals surface area contributed by atoms with Crippen molar-refractivity contribution < 1.29 is 18.9 Å². The van der Waals surface area contributed by atoms with Gasteiger partial charge in [-0.1, -0.05) is 35.3 Å². The second kappa shape index (κ2) is 8.71. The van der Waals surface area contributed by atoms with Crippen LogP contribution in [0.3, 0.4) is 0 Å². The summed E-state index contributed by atoms with van der Waals surface area (Å²) in [5, 5.41) is 13.3. The zero-order valence-electron chi connectivity index (χ0n) is 13.9. The fourth-order valence-electron chi connectivity index (χ4n) is 2.46. The Hall–Kier alpha value is -2.12. The number of carboxylic acids is 1. The summed E-state index contributed by atoms with van der Waals surface area (Å²) in [5.74, 6) is -0.286. The summed E-state index contributed by atoms with van der Waals surface area (Å²) in [6.07, 6.45) is 1.53. The molecule has 0 saturated carbocycles. The summed E-state index contributed by atoms with van der Waals surface area (Å²) < 4.78 is 17.9. The maximum absolute atomic E-state index is 12.7. The first-order valence-corrected chi connectivity index (χ1v) is 9.97. The van der Waals surface area contributed by atoms with Gasteiger partial charge in [0, 0.05) is 16.7 Å². The fraction of sp³-hybridized carbons (Fsp3) is 0.105. The van der Waals surface area contributed by atoms with Gasteiger partial charge >= 0.3 is 5.97 Å². The molecule has 3 aromatic rings. The molecule has 1 aromatic heterocycles. The largest absolute Gasteiger partial charge is 0.611 e. The van der Waals surface area contributed by atoms with E-state index in [-0.39, 0.29) is 21.2 Å². The molecule has 1 atom stereocenters. The minimum absolute atomic E-state index is 0.00888. The highest BCUT2D eigenvalue weighted by molar-refractivity contribution is 7.90. The van der Waals surface area contributed by atoms with E-state index < -0.39 is 17.1 Å². The molecule has 5 nitrogen and oxygen atoms in total. The third kappa shape index (κ3) is 4.99. The molecule has 27 heavy (non-hydrogen) atoms. The number of carboxylic acid groups (broad SMARTS) is 1. The van der Waals surface area contributed by atoms with E-state index in [1.165, 1.54) is 18.4 Å². The van der Waals surface area contributed by atoms with E-state index in [0.29, 0.717) is 23.0 Å². The van der Waals surface area contributed by atoms with E-state index in [0.717, 1.165) is 5.56 Å². The quantitative estimate of drug-likeness (QED) is 0.509. The van der Waals surface area contributed by atoms with Gasteiger partial charge in [0.1, 0.15) is 11.5 Å². The molecular formula is C19H15Cl2NO4S. The Bertz CT molecular complexity index is 930. The standard InChI is InChI=1S/C19H15Cl2NO4S/c20-13-5-3-12(4-6-13)11-27(25)18-8-15(19(23)24)17(9-16(18)21)22-10-14-2-1-7-26-14/h1-9,22H,10-11H2,(H,23,24). The predicted octanol–water partition coefficient (Wildman–Crippen LogP) is 5.20. The van der Waals surface area contributed by atoms with Crippen molar-refractivity contribution >= 4 is 46.0 Å². The first-order valence-electron chi connectivity index (χ1n) is 7.90. The third-order valence-corrected chi connectivity index (χ3v) is 5.89. The summed E-state index contributed by atoms with van der Waals surface area (Å²) in [6.45, 7) is 0.302. The van der Waals surface area contributed by atoms with Crippen molar-refractivity contribution in [3.05, 3.63) is 81.7 Å². The number of hydrogen-bond acceptors (Lipinski definition) is 4. The van der Waals surface area contributed by atoms with Crippen LogP contribution in [0.4, 0.5) is 5.69 Å². The van der Waals surface area contributed by atoms with Crippen LogP contribution in [0.2, 0.25) is 10.0 Å². The van der Waals surface area contributed by atoms with E-state index in [2.05, 4.69) is 5.32 Å². The maximum Gasteiger partial charge on any atom is 0.337 e. The van der Waals surface area contributed by atoms with Gasteiger partial charge in [0.05, 0.1) is 29.1 Å². The number of rotatable bonds is 7. The van der Waals surface area contributed by atoms with Gasteiger partial charge in [-0.2, -0.15) is 0 Å². The number of furan rings is 1. The summed E-state index contributed by atoms with van der Waals surface area (Å²) in [5.41, 5.74) is 1.13. The van der Waals surface area contributed by atoms with E-state index in [9.17, 15) is 14.5 Å². The van der Waals surface area contributed by atoms with Gasteiger partial charge in [-0.15, -0.1) is 0 Å². The molecule has 1 heterocycles. The molecule has 0 saturated heterocycles. The monoisotopic (exact) mass is 423 g/mol. The number of halogens is 2. The summed E-state index contributed by atoms with van der Waals surface area (Å²) in [7, 11) is 0. The van der Waals surface area contributed by atoms with Crippen molar-refractivity contribution in [2.45, 2.75) is 17.2 Å². The lowest BCUT2D eigenvalue weighted by Crippen LogP contribution is -2.11. The van der Waals surface area contributed by atoms with Gasteiger partial charge in [0.2, 0.25) is 0 Å². The molecular weight excluding hydrogens is 409 g/mol. The molecule has 0 aliphatic carbocycles. The number of hydrogen-bond donors (Lipinski definition) is 2. The van der Waals surface area contributed by atoms with Crippen LogP contribution >= 0.6 is 23.2 Å². The van der Waals surface area contributed by atoms with Crippen molar-refractivity contribution in [3.8, 4) is 0 Å². The Kier molecular flexibility index (Phi) is 6.34. The van der Waals surface area contributed by atoms with E-state index in [1.54, 1.807) is 36.4 Å². The number of nitrogens with one attached hydrogen (secondary N) is 1. The van der Waals surface area contributed by atoms with Gasteiger partial charge in [-0.3, -0.25) is 0 Å². The van der Waals surface area contributed by atoms with Gasteiger partial charge < -0.3 is 19.4 Å². The molecule has 2 aromatic carbocycles. The molecule has 0 bridgehead atoms. The van der Waals surface area contributed by atoms with E-state index in [1.807, 2.05) is 0 Å². The summed E-state index contributed by atoms with van der Waals surface area (Å²) in [4.78, 5) is 11.9. The van der Waals surface area contributed by atoms with Crippen LogP contribution in [0.25, 0.3) is 0 Å². The Morgan fingerprint density at radius 1 is 1.19 bits per heavy atom. The normalized spacial score (nSPS) is 12.0. The lowest BCUT2D eigenvalue weighted by molar-refractivity contribution is 0.0697. The molecule has 3 rings (SSSR count). The molecule has 2 N–H and O–H groups in total.